The lowest BCUT2D eigenvalue weighted by molar-refractivity contribution is -0.149. The van der Waals surface area contributed by atoms with Crippen LogP contribution in [0.2, 0.25) is 0 Å². The number of hydrogen-bond acceptors (Lipinski definition) is 3. The van der Waals surface area contributed by atoms with Crippen molar-refractivity contribution in [1.29, 1.82) is 0 Å². The van der Waals surface area contributed by atoms with Crippen molar-refractivity contribution in [1.82, 2.24) is 4.90 Å². The molecule has 0 aliphatic rings. The number of carbonyl (C=O) groups is 2. The molecule has 1 amide bonds. The van der Waals surface area contributed by atoms with Gasteiger partial charge in [-0.25, -0.2) is 0 Å². The minimum atomic E-state index is -0.363. The summed E-state index contributed by atoms with van der Waals surface area (Å²) in [5.74, 6) is -0.0262. The average Bonchev–Trinajstić information content (AvgIpc) is 2.53. The standard InChI is InChI=1S/C19H27NO3/c1-4-9-16(3)12-13-18(21)20(15-19(22)23-5-2)14-17-10-7-6-8-11-17/h4,6-11,16H,5,12-15H2,1-3H3/b9-4+. The lowest BCUT2D eigenvalue weighted by Crippen LogP contribution is -2.36. The predicted octanol–water partition coefficient (Wildman–Crippen LogP) is 3.57. The number of ether oxygens (including phenoxy) is 1. The molecule has 1 aromatic rings. The quantitative estimate of drug-likeness (QED) is 0.517. The Hall–Kier alpha value is -2.10. The first-order valence-electron chi connectivity index (χ1n) is 8.17. The zero-order valence-electron chi connectivity index (χ0n) is 14.3. The minimum absolute atomic E-state index is 0.000431. The first-order chi connectivity index (χ1) is 11.1. The van der Waals surface area contributed by atoms with Gasteiger partial charge in [0, 0.05) is 13.0 Å². The van der Waals surface area contributed by atoms with Gasteiger partial charge >= 0.3 is 5.97 Å². The van der Waals surface area contributed by atoms with Crippen molar-refractivity contribution in [3.8, 4) is 0 Å². The van der Waals surface area contributed by atoms with Gasteiger partial charge < -0.3 is 9.64 Å². The Morgan fingerprint density at radius 2 is 1.96 bits per heavy atom. The van der Waals surface area contributed by atoms with E-state index in [0.717, 1.165) is 12.0 Å². The molecule has 0 aliphatic carbocycles. The zero-order valence-corrected chi connectivity index (χ0v) is 14.3. The second kappa shape index (κ2) is 10.6. The van der Waals surface area contributed by atoms with Crippen molar-refractivity contribution in [2.24, 2.45) is 5.92 Å². The maximum atomic E-state index is 12.5. The molecular weight excluding hydrogens is 290 g/mol. The van der Waals surface area contributed by atoms with Crippen LogP contribution in [0.5, 0.6) is 0 Å². The summed E-state index contributed by atoms with van der Waals surface area (Å²) in [6.45, 7) is 6.57. The molecular formula is C19H27NO3. The summed E-state index contributed by atoms with van der Waals surface area (Å²) in [7, 11) is 0. The number of benzene rings is 1. The summed E-state index contributed by atoms with van der Waals surface area (Å²) >= 11 is 0. The van der Waals surface area contributed by atoms with Crippen LogP contribution in [0.4, 0.5) is 0 Å². The fourth-order valence-corrected chi connectivity index (χ4v) is 2.33. The Morgan fingerprint density at radius 1 is 1.26 bits per heavy atom. The molecule has 4 heteroatoms. The van der Waals surface area contributed by atoms with E-state index < -0.39 is 0 Å². The summed E-state index contributed by atoms with van der Waals surface area (Å²) in [4.78, 5) is 25.8. The predicted molar refractivity (Wildman–Crippen MR) is 91.7 cm³/mol. The Kier molecular flexibility index (Phi) is 8.73. The number of esters is 1. The Balaban J connectivity index is 2.69. The Bertz CT molecular complexity index is 511. The molecule has 1 rings (SSSR count). The molecule has 1 atom stereocenters. The van der Waals surface area contributed by atoms with Gasteiger partial charge in [-0.2, -0.15) is 0 Å². The SMILES string of the molecule is C/C=C/C(C)CCC(=O)N(CC(=O)OCC)Cc1ccccc1. The molecule has 23 heavy (non-hydrogen) atoms. The number of nitrogens with zero attached hydrogens (tertiary/aromatic N) is 1. The number of rotatable bonds is 9. The van der Waals surface area contributed by atoms with E-state index in [4.69, 9.17) is 4.74 Å². The average molecular weight is 317 g/mol. The number of carbonyl (C=O) groups excluding carboxylic acids is 2. The molecule has 0 heterocycles. The van der Waals surface area contributed by atoms with E-state index >= 15 is 0 Å². The second-order valence-corrected chi connectivity index (χ2v) is 5.58. The van der Waals surface area contributed by atoms with Crippen molar-refractivity contribution < 1.29 is 14.3 Å². The third-order valence-electron chi connectivity index (χ3n) is 3.53. The molecule has 0 radical (unpaired) electrons. The lowest BCUT2D eigenvalue weighted by atomic mass is 10.0. The molecule has 126 valence electrons. The van der Waals surface area contributed by atoms with Crippen LogP contribution in [0.25, 0.3) is 0 Å². The summed E-state index contributed by atoms with van der Waals surface area (Å²) in [5.41, 5.74) is 1.01. The van der Waals surface area contributed by atoms with Crippen LogP contribution in [0.1, 0.15) is 39.2 Å². The number of allylic oxidation sites excluding steroid dienone is 2. The number of amides is 1. The van der Waals surface area contributed by atoms with Crippen molar-refractivity contribution in [3.05, 3.63) is 48.0 Å². The van der Waals surface area contributed by atoms with E-state index in [1.165, 1.54) is 0 Å². The van der Waals surface area contributed by atoms with Gasteiger partial charge in [0.05, 0.1) is 6.61 Å². The summed E-state index contributed by atoms with van der Waals surface area (Å²) in [6.07, 6.45) is 5.28. The normalized spacial score (nSPS) is 12.1. The van der Waals surface area contributed by atoms with Crippen LogP contribution >= 0.6 is 0 Å². The van der Waals surface area contributed by atoms with Crippen molar-refractivity contribution in [2.45, 2.75) is 40.2 Å². The Labute approximate surface area is 139 Å². The first-order valence-corrected chi connectivity index (χ1v) is 8.17. The highest BCUT2D eigenvalue weighted by molar-refractivity contribution is 5.82. The third kappa shape index (κ3) is 7.63. The van der Waals surface area contributed by atoms with Gasteiger partial charge in [-0.3, -0.25) is 9.59 Å². The molecule has 0 spiro atoms. The number of hydrogen-bond donors (Lipinski definition) is 0. The van der Waals surface area contributed by atoms with Gasteiger partial charge in [0.15, 0.2) is 0 Å². The van der Waals surface area contributed by atoms with Gasteiger partial charge in [0.1, 0.15) is 6.54 Å². The van der Waals surface area contributed by atoms with E-state index in [1.54, 1.807) is 11.8 Å². The fraction of sp³-hybridized carbons (Fsp3) is 0.474. The van der Waals surface area contributed by atoms with Crippen molar-refractivity contribution in [2.75, 3.05) is 13.2 Å². The first kappa shape index (κ1) is 18.9. The molecule has 0 aromatic heterocycles. The fourth-order valence-electron chi connectivity index (χ4n) is 2.33. The molecule has 0 saturated heterocycles. The highest BCUT2D eigenvalue weighted by atomic mass is 16.5. The second-order valence-electron chi connectivity index (χ2n) is 5.58. The molecule has 1 aromatic carbocycles. The van der Waals surface area contributed by atoms with Crippen LogP contribution in [-0.4, -0.2) is 29.9 Å². The van der Waals surface area contributed by atoms with Gasteiger partial charge in [-0.1, -0.05) is 49.4 Å². The Morgan fingerprint density at radius 3 is 2.57 bits per heavy atom. The zero-order chi connectivity index (χ0) is 17.1. The van der Waals surface area contributed by atoms with Crippen LogP contribution in [0.3, 0.4) is 0 Å². The molecule has 0 bridgehead atoms. The molecule has 0 fully saturated rings. The van der Waals surface area contributed by atoms with E-state index in [-0.39, 0.29) is 18.4 Å². The summed E-state index contributed by atoms with van der Waals surface area (Å²) in [6, 6.07) is 9.69. The third-order valence-corrected chi connectivity index (χ3v) is 3.53. The maximum absolute atomic E-state index is 12.5. The lowest BCUT2D eigenvalue weighted by Gasteiger charge is -2.22. The minimum Gasteiger partial charge on any atom is -0.465 e. The summed E-state index contributed by atoms with van der Waals surface area (Å²) in [5, 5.41) is 0. The van der Waals surface area contributed by atoms with E-state index in [2.05, 4.69) is 13.0 Å². The van der Waals surface area contributed by atoms with Crippen LogP contribution in [-0.2, 0) is 20.9 Å². The molecule has 1 unspecified atom stereocenters. The largest absolute Gasteiger partial charge is 0.465 e. The highest BCUT2D eigenvalue weighted by Gasteiger charge is 2.18. The van der Waals surface area contributed by atoms with E-state index in [9.17, 15) is 9.59 Å². The van der Waals surface area contributed by atoms with Gasteiger partial charge in [0.2, 0.25) is 5.91 Å². The maximum Gasteiger partial charge on any atom is 0.325 e. The topological polar surface area (TPSA) is 46.6 Å². The molecule has 0 aliphatic heterocycles. The summed E-state index contributed by atoms with van der Waals surface area (Å²) < 4.78 is 4.98. The molecule has 0 saturated carbocycles. The van der Waals surface area contributed by atoms with Crippen molar-refractivity contribution >= 4 is 11.9 Å². The smallest absolute Gasteiger partial charge is 0.325 e. The molecule has 0 N–H and O–H groups in total. The van der Waals surface area contributed by atoms with Crippen LogP contribution in [0, 0.1) is 5.92 Å². The molecule has 4 nitrogen and oxygen atoms in total. The van der Waals surface area contributed by atoms with Crippen molar-refractivity contribution in [3.63, 3.8) is 0 Å². The highest BCUT2D eigenvalue weighted by Crippen LogP contribution is 2.12. The van der Waals surface area contributed by atoms with Gasteiger partial charge in [0.25, 0.3) is 0 Å². The van der Waals surface area contributed by atoms with E-state index in [1.807, 2.05) is 43.3 Å². The van der Waals surface area contributed by atoms with Gasteiger partial charge in [-0.15, -0.1) is 0 Å². The van der Waals surface area contributed by atoms with Gasteiger partial charge in [-0.05, 0) is 31.7 Å². The monoisotopic (exact) mass is 317 g/mol. The van der Waals surface area contributed by atoms with E-state index in [0.29, 0.717) is 25.5 Å². The van der Waals surface area contributed by atoms with Crippen LogP contribution in [0.15, 0.2) is 42.5 Å². The van der Waals surface area contributed by atoms with Crippen LogP contribution < -0.4 is 0 Å².